The maximum atomic E-state index is 5.52. The first-order valence-corrected chi connectivity index (χ1v) is 4.43. The van der Waals surface area contributed by atoms with Gasteiger partial charge in [0.1, 0.15) is 5.82 Å². The van der Waals surface area contributed by atoms with Gasteiger partial charge in [-0.05, 0) is 18.6 Å². The van der Waals surface area contributed by atoms with Crippen molar-refractivity contribution >= 4 is 5.82 Å². The molecule has 0 saturated carbocycles. The van der Waals surface area contributed by atoms with Crippen LogP contribution in [0.15, 0.2) is 30.9 Å². The van der Waals surface area contributed by atoms with Gasteiger partial charge in [0, 0.05) is 18.1 Å². The first kappa shape index (κ1) is 8.74. The van der Waals surface area contributed by atoms with Crippen LogP contribution in [0.4, 0.5) is 5.82 Å². The van der Waals surface area contributed by atoms with Gasteiger partial charge in [0.25, 0.3) is 0 Å². The number of nitrogens with two attached hydrogens (primary N) is 1. The molecule has 0 saturated heterocycles. The molecule has 14 heavy (non-hydrogen) atoms. The molecule has 0 atom stereocenters. The van der Waals surface area contributed by atoms with Gasteiger partial charge in [-0.1, -0.05) is 6.07 Å². The van der Waals surface area contributed by atoms with Crippen LogP contribution in [-0.4, -0.2) is 14.5 Å². The first-order valence-electron chi connectivity index (χ1n) is 4.43. The molecule has 2 heterocycles. The van der Waals surface area contributed by atoms with Crippen LogP contribution in [-0.2, 0) is 6.54 Å². The molecule has 2 rings (SSSR count). The van der Waals surface area contributed by atoms with Crippen LogP contribution < -0.4 is 5.73 Å². The molecule has 0 bridgehead atoms. The van der Waals surface area contributed by atoms with Crippen LogP contribution in [0, 0.1) is 6.92 Å². The summed E-state index contributed by atoms with van der Waals surface area (Å²) < 4.78 is 1.94. The van der Waals surface area contributed by atoms with Crippen molar-refractivity contribution in [3.63, 3.8) is 0 Å². The molecule has 0 aliphatic carbocycles. The second-order valence-electron chi connectivity index (χ2n) is 3.22. The summed E-state index contributed by atoms with van der Waals surface area (Å²) in [5, 5.41) is 0. The van der Waals surface area contributed by atoms with Crippen molar-refractivity contribution in [3.05, 3.63) is 42.1 Å². The molecule has 0 aliphatic heterocycles. The summed E-state index contributed by atoms with van der Waals surface area (Å²) in [5.41, 5.74) is 7.75. The van der Waals surface area contributed by atoms with Gasteiger partial charge in [-0.3, -0.25) is 4.98 Å². The monoisotopic (exact) mass is 188 g/mol. The number of nitrogens with zero attached hydrogens (tertiary/aromatic N) is 3. The maximum Gasteiger partial charge on any atom is 0.141 e. The quantitative estimate of drug-likeness (QED) is 0.770. The van der Waals surface area contributed by atoms with E-state index in [9.17, 15) is 0 Å². The smallest absolute Gasteiger partial charge is 0.141 e. The van der Waals surface area contributed by atoms with Crippen LogP contribution >= 0.6 is 0 Å². The van der Waals surface area contributed by atoms with E-state index < -0.39 is 0 Å². The van der Waals surface area contributed by atoms with Gasteiger partial charge < -0.3 is 10.3 Å². The maximum absolute atomic E-state index is 5.52. The number of aryl methyl sites for hydroxylation is 1. The fourth-order valence-corrected chi connectivity index (χ4v) is 1.35. The number of hydrogen-bond donors (Lipinski definition) is 1. The third-order valence-corrected chi connectivity index (χ3v) is 2.12. The summed E-state index contributed by atoms with van der Waals surface area (Å²) in [5.74, 6) is 0.548. The number of anilines is 1. The summed E-state index contributed by atoms with van der Waals surface area (Å²) in [6.45, 7) is 2.76. The Labute approximate surface area is 82.4 Å². The van der Waals surface area contributed by atoms with Gasteiger partial charge in [-0.15, -0.1) is 0 Å². The fraction of sp³-hybridized carbons (Fsp3) is 0.200. The third-order valence-electron chi connectivity index (χ3n) is 2.12. The minimum absolute atomic E-state index is 0.548. The van der Waals surface area contributed by atoms with Crippen molar-refractivity contribution in [2.45, 2.75) is 13.5 Å². The Morgan fingerprint density at radius 1 is 1.43 bits per heavy atom. The largest absolute Gasteiger partial charge is 0.382 e. The van der Waals surface area contributed by atoms with E-state index in [4.69, 9.17) is 5.73 Å². The van der Waals surface area contributed by atoms with E-state index in [0.29, 0.717) is 5.82 Å². The van der Waals surface area contributed by atoms with Gasteiger partial charge >= 0.3 is 0 Å². The number of hydrogen-bond acceptors (Lipinski definition) is 3. The molecule has 0 unspecified atom stereocenters. The van der Waals surface area contributed by atoms with Gasteiger partial charge in [-0.25, -0.2) is 4.98 Å². The van der Waals surface area contributed by atoms with E-state index >= 15 is 0 Å². The van der Waals surface area contributed by atoms with Crippen LogP contribution in [0.2, 0.25) is 0 Å². The number of pyridine rings is 1. The van der Waals surface area contributed by atoms with E-state index in [1.807, 2.05) is 23.8 Å². The zero-order valence-electron chi connectivity index (χ0n) is 8.01. The highest BCUT2D eigenvalue weighted by atomic mass is 15.1. The second-order valence-corrected chi connectivity index (χ2v) is 3.22. The van der Waals surface area contributed by atoms with Crippen LogP contribution in [0.5, 0.6) is 0 Å². The lowest BCUT2D eigenvalue weighted by atomic mass is 10.2. The highest BCUT2D eigenvalue weighted by molar-refractivity contribution is 5.24. The first-order chi connectivity index (χ1) is 6.75. The predicted octanol–water partition coefficient (Wildman–Crippen LogP) is 1.22. The molecule has 2 aromatic rings. The van der Waals surface area contributed by atoms with Gasteiger partial charge in [0.15, 0.2) is 0 Å². The lowest BCUT2D eigenvalue weighted by Gasteiger charge is -2.04. The van der Waals surface area contributed by atoms with Crippen molar-refractivity contribution < 1.29 is 0 Å². The molecule has 0 aliphatic rings. The Bertz CT molecular complexity index is 433. The number of imidazole rings is 1. The van der Waals surface area contributed by atoms with Crippen LogP contribution in [0.25, 0.3) is 0 Å². The van der Waals surface area contributed by atoms with Crippen molar-refractivity contribution in [3.8, 4) is 0 Å². The Morgan fingerprint density at radius 3 is 2.93 bits per heavy atom. The fourth-order valence-electron chi connectivity index (χ4n) is 1.35. The van der Waals surface area contributed by atoms with Crippen molar-refractivity contribution in [1.29, 1.82) is 0 Å². The number of aromatic nitrogens is 3. The molecule has 4 nitrogen and oxygen atoms in total. The molecular weight excluding hydrogens is 176 g/mol. The molecule has 2 N–H and O–H groups in total. The summed E-state index contributed by atoms with van der Waals surface area (Å²) >= 11 is 0. The molecule has 0 spiro atoms. The topological polar surface area (TPSA) is 56.7 Å². The minimum Gasteiger partial charge on any atom is -0.382 e. The SMILES string of the molecule is Cc1ncccc1Cn1cnc(N)c1. The second kappa shape index (κ2) is 3.49. The highest BCUT2D eigenvalue weighted by Crippen LogP contribution is 2.07. The van der Waals surface area contributed by atoms with E-state index in [-0.39, 0.29) is 0 Å². The molecule has 0 radical (unpaired) electrons. The summed E-state index contributed by atoms with van der Waals surface area (Å²) in [7, 11) is 0. The zero-order chi connectivity index (χ0) is 9.97. The highest BCUT2D eigenvalue weighted by Gasteiger charge is 1.99. The van der Waals surface area contributed by atoms with Crippen molar-refractivity contribution in [2.75, 3.05) is 5.73 Å². The lowest BCUT2D eigenvalue weighted by molar-refractivity contribution is 0.786. The van der Waals surface area contributed by atoms with Gasteiger partial charge in [0.2, 0.25) is 0 Å². The zero-order valence-corrected chi connectivity index (χ0v) is 8.01. The Morgan fingerprint density at radius 2 is 2.29 bits per heavy atom. The van der Waals surface area contributed by atoms with E-state index in [0.717, 1.165) is 12.2 Å². The molecular formula is C10H12N4. The molecule has 2 aromatic heterocycles. The van der Waals surface area contributed by atoms with Crippen molar-refractivity contribution in [1.82, 2.24) is 14.5 Å². The molecule has 0 aromatic carbocycles. The van der Waals surface area contributed by atoms with Crippen molar-refractivity contribution in [2.24, 2.45) is 0 Å². The van der Waals surface area contributed by atoms with Gasteiger partial charge in [-0.2, -0.15) is 0 Å². The Kier molecular flexibility index (Phi) is 2.18. The molecule has 0 amide bonds. The molecule has 72 valence electrons. The average molecular weight is 188 g/mol. The van der Waals surface area contributed by atoms with E-state index in [1.165, 1.54) is 5.56 Å². The normalized spacial score (nSPS) is 10.4. The van der Waals surface area contributed by atoms with E-state index in [1.54, 1.807) is 12.5 Å². The number of rotatable bonds is 2. The predicted molar refractivity (Wildman–Crippen MR) is 54.7 cm³/mol. The summed E-state index contributed by atoms with van der Waals surface area (Å²) in [6, 6.07) is 3.99. The van der Waals surface area contributed by atoms with Gasteiger partial charge in [0.05, 0.1) is 12.9 Å². The van der Waals surface area contributed by atoms with Crippen LogP contribution in [0.1, 0.15) is 11.3 Å². The summed E-state index contributed by atoms with van der Waals surface area (Å²) in [6.07, 6.45) is 5.33. The Balaban J connectivity index is 2.23. The Hall–Kier alpha value is -1.84. The van der Waals surface area contributed by atoms with Crippen LogP contribution in [0.3, 0.4) is 0 Å². The average Bonchev–Trinajstić information content (AvgIpc) is 2.56. The van der Waals surface area contributed by atoms with E-state index in [2.05, 4.69) is 16.0 Å². The standard InChI is InChI=1S/C10H12N4/c1-8-9(3-2-4-12-8)5-14-6-10(11)13-7-14/h2-4,6-7H,5,11H2,1H3. The molecule has 4 heteroatoms. The third kappa shape index (κ3) is 1.74. The minimum atomic E-state index is 0.548. The molecule has 0 fully saturated rings. The summed E-state index contributed by atoms with van der Waals surface area (Å²) in [4.78, 5) is 8.18. The lowest BCUT2D eigenvalue weighted by Crippen LogP contribution is -1.99. The number of nitrogen functional groups attached to an aromatic ring is 1.